The Morgan fingerprint density at radius 3 is 2.30 bits per heavy atom. The molecule has 2 heterocycles. The Labute approximate surface area is 119 Å². The van der Waals surface area contributed by atoms with E-state index in [1.54, 1.807) is 0 Å². The Balaban J connectivity index is 2.02. The van der Waals surface area contributed by atoms with E-state index in [-0.39, 0.29) is 5.41 Å². The molecule has 3 heteroatoms. The van der Waals surface area contributed by atoms with Crippen molar-refractivity contribution in [3.63, 3.8) is 0 Å². The van der Waals surface area contributed by atoms with Gasteiger partial charge in [-0.1, -0.05) is 51.1 Å². The van der Waals surface area contributed by atoms with E-state index in [2.05, 4.69) is 68.1 Å². The number of aryl methyl sites for hydroxylation is 1. The largest absolute Gasteiger partial charge is 0.220 e. The third-order valence-corrected chi connectivity index (χ3v) is 3.49. The highest BCUT2D eigenvalue weighted by Crippen LogP contribution is 2.25. The summed E-state index contributed by atoms with van der Waals surface area (Å²) in [5.74, 6) is 0.774. The molecule has 3 nitrogen and oxygen atoms in total. The molecule has 0 amide bonds. The zero-order valence-corrected chi connectivity index (χ0v) is 12.4. The summed E-state index contributed by atoms with van der Waals surface area (Å²) >= 11 is 0. The number of benzene rings is 1. The second-order valence-corrected chi connectivity index (χ2v) is 6.27. The fourth-order valence-corrected chi connectivity index (χ4v) is 2.23. The van der Waals surface area contributed by atoms with Crippen LogP contribution >= 0.6 is 0 Å². The molecule has 1 aromatic carbocycles. The van der Waals surface area contributed by atoms with Gasteiger partial charge in [-0.2, -0.15) is 0 Å². The molecule has 102 valence electrons. The molecule has 0 N–H and O–H groups in total. The first-order valence-electron chi connectivity index (χ1n) is 6.87. The third kappa shape index (κ3) is 2.31. The molecule has 2 aromatic heterocycles. The molecule has 0 saturated heterocycles. The average molecular weight is 265 g/mol. The molecule has 3 aromatic rings. The predicted octanol–water partition coefficient (Wildman–Crippen LogP) is 4.00. The Kier molecular flexibility index (Phi) is 2.85. The molecule has 20 heavy (non-hydrogen) atoms. The summed E-state index contributed by atoms with van der Waals surface area (Å²) in [6.07, 6.45) is 2.00. The van der Waals surface area contributed by atoms with Crippen LogP contribution in [0.2, 0.25) is 0 Å². The SMILES string of the molecule is Cc1ccc2nc(-c3ccc(C(C)(C)C)cc3)nn2c1. The van der Waals surface area contributed by atoms with Gasteiger partial charge in [-0.25, -0.2) is 9.50 Å². The molecule has 0 bridgehead atoms. The van der Waals surface area contributed by atoms with Gasteiger partial charge in [0.15, 0.2) is 11.5 Å². The minimum Gasteiger partial charge on any atom is -0.220 e. The molecule has 0 unspecified atom stereocenters. The topological polar surface area (TPSA) is 30.2 Å². The molecule has 0 aliphatic rings. The van der Waals surface area contributed by atoms with E-state index in [0.29, 0.717) is 0 Å². The Bertz CT molecular complexity index is 746. The van der Waals surface area contributed by atoms with Crippen molar-refractivity contribution in [2.24, 2.45) is 0 Å². The highest BCUT2D eigenvalue weighted by Gasteiger charge is 2.14. The van der Waals surface area contributed by atoms with Gasteiger partial charge in [0.2, 0.25) is 0 Å². The lowest BCUT2D eigenvalue weighted by Crippen LogP contribution is -2.10. The van der Waals surface area contributed by atoms with Crippen molar-refractivity contribution in [2.75, 3.05) is 0 Å². The summed E-state index contributed by atoms with van der Waals surface area (Å²) < 4.78 is 1.84. The van der Waals surface area contributed by atoms with Crippen LogP contribution in [-0.4, -0.2) is 14.6 Å². The molecule has 0 spiro atoms. The van der Waals surface area contributed by atoms with Gasteiger partial charge in [-0.15, -0.1) is 5.10 Å². The van der Waals surface area contributed by atoms with Crippen molar-refractivity contribution in [1.82, 2.24) is 14.6 Å². The fraction of sp³-hybridized carbons (Fsp3) is 0.294. The van der Waals surface area contributed by atoms with Gasteiger partial charge in [-0.05, 0) is 29.5 Å². The van der Waals surface area contributed by atoms with E-state index < -0.39 is 0 Å². The molecule has 0 saturated carbocycles. The Hall–Kier alpha value is -2.16. The van der Waals surface area contributed by atoms with Crippen LogP contribution < -0.4 is 0 Å². The van der Waals surface area contributed by atoms with E-state index in [4.69, 9.17) is 0 Å². The van der Waals surface area contributed by atoms with Gasteiger partial charge < -0.3 is 0 Å². The minimum atomic E-state index is 0.169. The van der Waals surface area contributed by atoms with Crippen LogP contribution in [0.15, 0.2) is 42.6 Å². The third-order valence-electron chi connectivity index (χ3n) is 3.49. The zero-order chi connectivity index (χ0) is 14.3. The lowest BCUT2D eigenvalue weighted by molar-refractivity contribution is 0.590. The van der Waals surface area contributed by atoms with Crippen molar-refractivity contribution in [3.8, 4) is 11.4 Å². The lowest BCUT2D eigenvalue weighted by atomic mass is 9.87. The first-order valence-corrected chi connectivity index (χ1v) is 6.87. The number of fused-ring (bicyclic) bond motifs is 1. The maximum absolute atomic E-state index is 4.57. The predicted molar refractivity (Wildman–Crippen MR) is 81.9 cm³/mol. The van der Waals surface area contributed by atoms with Crippen LogP contribution in [-0.2, 0) is 5.41 Å². The first kappa shape index (κ1) is 12.9. The van der Waals surface area contributed by atoms with E-state index in [1.807, 2.05) is 16.8 Å². The van der Waals surface area contributed by atoms with Crippen molar-refractivity contribution >= 4 is 5.65 Å². The van der Waals surface area contributed by atoms with Crippen LogP contribution in [0, 0.1) is 6.92 Å². The van der Waals surface area contributed by atoms with E-state index >= 15 is 0 Å². The average Bonchev–Trinajstić information content (AvgIpc) is 2.80. The standard InChI is InChI=1S/C17H19N3/c1-12-5-10-15-18-16(19-20(15)11-12)13-6-8-14(9-7-13)17(2,3)4/h5-11H,1-4H3. The van der Waals surface area contributed by atoms with Crippen molar-refractivity contribution in [3.05, 3.63) is 53.7 Å². The van der Waals surface area contributed by atoms with E-state index in [9.17, 15) is 0 Å². The highest BCUT2D eigenvalue weighted by molar-refractivity contribution is 5.58. The summed E-state index contributed by atoms with van der Waals surface area (Å²) in [6, 6.07) is 12.6. The molecule has 0 atom stereocenters. The van der Waals surface area contributed by atoms with Crippen LogP contribution in [0.3, 0.4) is 0 Å². The fourth-order valence-electron chi connectivity index (χ4n) is 2.23. The summed E-state index contributed by atoms with van der Waals surface area (Å²) in [6.45, 7) is 8.70. The number of aromatic nitrogens is 3. The minimum absolute atomic E-state index is 0.169. The van der Waals surface area contributed by atoms with Crippen LogP contribution in [0.4, 0.5) is 0 Å². The molecule has 0 aliphatic heterocycles. The quantitative estimate of drug-likeness (QED) is 0.665. The van der Waals surface area contributed by atoms with Gasteiger partial charge in [0.05, 0.1) is 0 Å². The summed E-state index contributed by atoms with van der Waals surface area (Å²) in [5, 5.41) is 4.54. The number of hydrogen-bond donors (Lipinski definition) is 0. The highest BCUT2D eigenvalue weighted by atomic mass is 15.3. The van der Waals surface area contributed by atoms with Gasteiger partial charge >= 0.3 is 0 Å². The molecular weight excluding hydrogens is 246 g/mol. The van der Waals surface area contributed by atoms with Gasteiger partial charge in [0.25, 0.3) is 0 Å². The van der Waals surface area contributed by atoms with Crippen LogP contribution in [0.25, 0.3) is 17.0 Å². The van der Waals surface area contributed by atoms with E-state index in [0.717, 1.165) is 17.0 Å². The van der Waals surface area contributed by atoms with Crippen molar-refractivity contribution in [2.45, 2.75) is 33.1 Å². The van der Waals surface area contributed by atoms with Gasteiger partial charge in [0, 0.05) is 11.8 Å². The number of hydrogen-bond acceptors (Lipinski definition) is 2. The normalized spacial score (nSPS) is 12.0. The van der Waals surface area contributed by atoms with Gasteiger partial charge in [-0.3, -0.25) is 0 Å². The maximum Gasteiger partial charge on any atom is 0.182 e. The first-order chi connectivity index (χ1) is 9.43. The Morgan fingerprint density at radius 2 is 1.65 bits per heavy atom. The zero-order valence-electron chi connectivity index (χ0n) is 12.4. The molecule has 0 radical (unpaired) electrons. The van der Waals surface area contributed by atoms with Crippen LogP contribution in [0.5, 0.6) is 0 Å². The summed E-state index contributed by atoms with van der Waals surface area (Å²) in [4.78, 5) is 4.57. The van der Waals surface area contributed by atoms with Crippen molar-refractivity contribution in [1.29, 1.82) is 0 Å². The second-order valence-electron chi connectivity index (χ2n) is 6.27. The molecule has 0 fully saturated rings. The lowest BCUT2D eigenvalue weighted by Gasteiger charge is -2.18. The number of pyridine rings is 1. The summed E-state index contributed by atoms with van der Waals surface area (Å²) in [7, 11) is 0. The van der Waals surface area contributed by atoms with Gasteiger partial charge in [0.1, 0.15) is 0 Å². The number of nitrogens with zero attached hydrogens (tertiary/aromatic N) is 3. The van der Waals surface area contributed by atoms with Crippen LogP contribution in [0.1, 0.15) is 31.9 Å². The molecule has 3 rings (SSSR count). The molecule has 0 aliphatic carbocycles. The number of rotatable bonds is 1. The summed E-state index contributed by atoms with van der Waals surface area (Å²) in [5.41, 5.74) is 4.60. The molecular formula is C17H19N3. The monoisotopic (exact) mass is 265 g/mol. The maximum atomic E-state index is 4.57. The van der Waals surface area contributed by atoms with Crippen molar-refractivity contribution < 1.29 is 0 Å². The Morgan fingerprint density at radius 1 is 0.950 bits per heavy atom. The van der Waals surface area contributed by atoms with E-state index in [1.165, 1.54) is 11.1 Å². The smallest absolute Gasteiger partial charge is 0.182 e. The second kappa shape index (κ2) is 4.44.